The van der Waals surface area contributed by atoms with Crippen LogP contribution in [0.3, 0.4) is 0 Å². The highest BCUT2D eigenvalue weighted by atomic mass is 16.3. The van der Waals surface area contributed by atoms with Gasteiger partial charge in [0.05, 0.1) is 19.4 Å². The first-order chi connectivity index (χ1) is 8.16. The second-order valence-electron chi connectivity index (χ2n) is 4.40. The van der Waals surface area contributed by atoms with Crippen LogP contribution in [-0.2, 0) is 12.1 Å². The van der Waals surface area contributed by atoms with Gasteiger partial charge >= 0.3 is 0 Å². The number of aliphatic hydroxyl groups is 2. The summed E-state index contributed by atoms with van der Waals surface area (Å²) < 4.78 is 1.71. The molecule has 0 unspecified atom stereocenters. The summed E-state index contributed by atoms with van der Waals surface area (Å²) in [6.07, 6.45) is 6.32. The maximum atomic E-state index is 9.13. The van der Waals surface area contributed by atoms with Crippen molar-refractivity contribution in [3.05, 3.63) is 11.9 Å². The normalized spacial score (nSPS) is 12.0. The lowest BCUT2D eigenvalue weighted by atomic mass is 10.0. The van der Waals surface area contributed by atoms with Gasteiger partial charge in [0.15, 0.2) is 0 Å². The van der Waals surface area contributed by atoms with E-state index in [1.54, 1.807) is 10.9 Å². The molecule has 0 aliphatic rings. The molecule has 0 saturated heterocycles. The fourth-order valence-corrected chi connectivity index (χ4v) is 1.55. The molecule has 98 valence electrons. The largest absolute Gasteiger partial charge is 0.394 e. The van der Waals surface area contributed by atoms with Crippen LogP contribution in [0.1, 0.15) is 38.3 Å². The van der Waals surface area contributed by atoms with Crippen LogP contribution in [0.4, 0.5) is 0 Å². The number of unbranched alkanes of at least 4 members (excludes halogenated alkanes) is 3. The topological polar surface area (TPSA) is 97.2 Å². The molecular weight excluding hydrogens is 220 g/mol. The van der Waals surface area contributed by atoms with E-state index >= 15 is 0 Å². The van der Waals surface area contributed by atoms with Gasteiger partial charge in [-0.25, -0.2) is 0 Å². The van der Waals surface area contributed by atoms with Gasteiger partial charge in [0.2, 0.25) is 0 Å². The lowest BCUT2D eigenvalue weighted by Crippen LogP contribution is -2.44. The maximum absolute atomic E-state index is 9.13. The molecule has 1 aromatic heterocycles. The van der Waals surface area contributed by atoms with Crippen LogP contribution in [0.25, 0.3) is 0 Å². The number of aliphatic hydroxyl groups excluding tert-OH is 2. The Bertz CT molecular complexity index is 323. The van der Waals surface area contributed by atoms with E-state index in [2.05, 4.69) is 17.2 Å². The zero-order chi connectivity index (χ0) is 12.7. The zero-order valence-electron chi connectivity index (χ0n) is 10.3. The average molecular weight is 242 g/mol. The Morgan fingerprint density at radius 1 is 1.29 bits per heavy atom. The molecule has 0 radical (unpaired) electrons. The van der Waals surface area contributed by atoms with Gasteiger partial charge in [-0.1, -0.05) is 31.4 Å². The molecule has 0 aromatic carbocycles. The number of hydrogen-bond acceptors (Lipinski definition) is 5. The molecule has 0 saturated carbocycles. The number of nitrogens with zero attached hydrogens (tertiary/aromatic N) is 3. The molecule has 0 atom stereocenters. The van der Waals surface area contributed by atoms with Crippen LogP contribution in [0.2, 0.25) is 0 Å². The fourth-order valence-electron chi connectivity index (χ4n) is 1.55. The Hall–Kier alpha value is -0.980. The summed E-state index contributed by atoms with van der Waals surface area (Å²) in [4.78, 5) is 0. The predicted molar refractivity (Wildman–Crippen MR) is 64.2 cm³/mol. The summed E-state index contributed by atoms with van der Waals surface area (Å²) in [6.45, 7) is 2.26. The van der Waals surface area contributed by atoms with Crippen LogP contribution in [0.15, 0.2) is 6.20 Å². The second-order valence-corrected chi connectivity index (χ2v) is 4.40. The van der Waals surface area contributed by atoms with Crippen molar-refractivity contribution < 1.29 is 10.2 Å². The molecule has 17 heavy (non-hydrogen) atoms. The molecule has 4 N–H and O–H groups in total. The van der Waals surface area contributed by atoms with Gasteiger partial charge in [-0.3, -0.25) is 4.68 Å². The number of rotatable bonds is 8. The Kier molecular flexibility index (Phi) is 5.54. The molecule has 1 rings (SSSR count). The first-order valence-electron chi connectivity index (χ1n) is 6.07. The van der Waals surface area contributed by atoms with Gasteiger partial charge in [-0.15, -0.1) is 5.10 Å². The lowest BCUT2D eigenvalue weighted by Gasteiger charge is -2.20. The summed E-state index contributed by atoms with van der Waals surface area (Å²) in [5.41, 5.74) is 5.03. The van der Waals surface area contributed by atoms with Crippen molar-refractivity contribution in [2.45, 2.75) is 44.7 Å². The molecule has 6 heteroatoms. The monoisotopic (exact) mass is 242 g/mol. The summed E-state index contributed by atoms with van der Waals surface area (Å²) in [7, 11) is 0. The van der Waals surface area contributed by atoms with E-state index < -0.39 is 5.54 Å². The minimum Gasteiger partial charge on any atom is -0.394 e. The highest BCUT2D eigenvalue weighted by molar-refractivity contribution is 5.09. The molecule has 6 nitrogen and oxygen atoms in total. The third-order valence-corrected chi connectivity index (χ3v) is 2.85. The van der Waals surface area contributed by atoms with Gasteiger partial charge in [-0.05, 0) is 6.42 Å². The van der Waals surface area contributed by atoms with E-state index in [0.717, 1.165) is 13.0 Å². The van der Waals surface area contributed by atoms with E-state index in [9.17, 15) is 0 Å². The fraction of sp³-hybridized carbons (Fsp3) is 0.818. The third kappa shape index (κ3) is 3.76. The summed E-state index contributed by atoms with van der Waals surface area (Å²) in [6, 6.07) is 0. The highest BCUT2D eigenvalue weighted by Crippen LogP contribution is 2.14. The third-order valence-electron chi connectivity index (χ3n) is 2.85. The van der Waals surface area contributed by atoms with Crippen LogP contribution in [0.5, 0.6) is 0 Å². The SMILES string of the molecule is CCCCCCn1cc(C(N)(CO)CO)nn1. The second kappa shape index (κ2) is 6.68. The number of aryl methyl sites for hydroxylation is 1. The Balaban J connectivity index is 2.53. The van der Waals surface area contributed by atoms with Crippen molar-refractivity contribution in [2.75, 3.05) is 13.2 Å². The van der Waals surface area contributed by atoms with Crippen molar-refractivity contribution in [2.24, 2.45) is 5.73 Å². The van der Waals surface area contributed by atoms with Gasteiger partial charge in [-0.2, -0.15) is 0 Å². The van der Waals surface area contributed by atoms with Crippen LogP contribution in [-0.4, -0.2) is 38.4 Å². The summed E-state index contributed by atoms with van der Waals surface area (Å²) >= 11 is 0. The number of aromatic nitrogens is 3. The van der Waals surface area contributed by atoms with Gasteiger partial charge < -0.3 is 15.9 Å². The number of nitrogens with two attached hydrogens (primary N) is 1. The van der Waals surface area contributed by atoms with Gasteiger partial charge in [0, 0.05) is 6.54 Å². The van der Waals surface area contributed by atoms with Gasteiger partial charge in [0.25, 0.3) is 0 Å². The quantitative estimate of drug-likeness (QED) is 0.557. The molecular formula is C11H22N4O2. The first kappa shape index (κ1) is 14.1. The summed E-state index contributed by atoms with van der Waals surface area (Å²) in [5.74, 6) is 0. The van der Waals surface area contributed by atoms with E-state index in [-0.39, 0.29) is 13.2 Å². The van der Waals surface area contributed by atoms with Crippen molar-refractivity contribution >= 4 is 0 Å². The molecule has 0 aliphatic heterocycles. The van der Waals surface area contributed by atoms with E-state index in [0.29, 0.717) is 5.69 Å². The van der Waals surface area contributed by atoms with E-state index in [1.165, 1.54) is 19.3 Å². The smallest absolute Gasteiger partial charge is 0.109 e. The Morgan fingerprint density at radius 3 is 2.59 bits per heavy atom. The summed E-state index contributed by atoms with van der Waals surface area (Å²) in [5, 5.41) is 26.1. The lowest BCUT2D eigenvalue weighted by molar-refractivity contribution is 0.118. The van der Waals surface area contributed by atoms with Crippen molar-refractivity contribution in [3.8, 4) is 0 Å². The molecule has 0 spiro atoms. The van der Waals surface area contributed by atoms with Crippen molar-refractivity contribution in [1.82, 2.24) is 15.0 Å². The predicted octanol–water partition coefficient (Wildman–Crippen LogP) is -0.00300. The standard InChI is InChI=1S/C11H22N4O2/c1-2-3-4-5-6-15-7-10(13-14-15)11(12,8-16)9-17/h7,16-17H,2-6,8-9,12H2,1H3. The molecule has 0 fully saturated rings. The zero-order valence-corrected chi connectivity index (χ0v) is 10.3. The van der Waals surface area contributed by atoms with Gasteiger partial charge in [0.1, 0.15) is 11.2 Å². The number of hydrogen-bond donors (Lipinski definition) is 3. The van der Waals surface area contributed by atoms with Crippen LogP contribution < -0.4 is 5.73 Å². The first-order valence-corrected chi connectivity index (χ1v) is 6.07. The van der Waals surface area contributed by atoms with E-state index in [4.69, 9.17) is 15.9 Å². The molecule has 0 aliphatic carbocycles. The molecule has 1 heterocycles. The average Bonchev–Trinajstić information content (AvgIpc) is 2.83. The highest BCUT2D eigenvalue weighted by Gasteiger charge is 2.29. The molecule has 1 aromatic rings. The van der Waals surface area contributed by atoms with Crippen LogP contribution in [0, 0.1) is 0 Å². The van der Waals surface area contributed by atoms with E-state index in [1.807, 2.05) is 0 Å². The van der Waals surface area contributed by atoms with Crippen molar-refractivity contribution in [3.63, 3.8) is 0 Å². The maximum Gasteiger partial charge on any atom is 0.109 e. The molecule has 0 bridgehead atoms. The van der Waals surface area contributed by atoms with Crippen LogP contribution >= 0.6 is 0 Å². The Morgan fingerprint density at radius 2 is 2.00 bits per heavy atom. The molecule has 0 amide bonds. The minimum atomic E-state index is -1.19. The Labute approximate surface area is 101 Å². The van der Waals surface area contributed by atoms with Crippen molar-refractivity contribution in [1.29, 1.82) is 0 Å². The minimum absolute atomic E-state index is 0.349.